The monoisotopic (exact) mass is 254 g/mol. The molecule has 5 heteroatoms. The number of hydrogen-bond donors (Lipinski definition) is 0. The first kappa shape index (κ1) is 11.6. The summed E-state index contributed by atoms with van der Waals surface area (Å²) in [5, 5.41) is 0. The first-order valence-corrected chi connectivity index (χ1v) is 5.54. The molecule has 0 aromatic heterocycles. The summed E-state index contributed by atoms with van der Waals surface area (Å²) in [6.07, 6.45) is 1.97. The van der Waals surface area contributed by atoms with E-state index in [1.165, 1.54) is 0 Å². The van der Waals surface area contributed by atoms with Gasteiger partial charge in [-0.1, -0.05) is 29.1 Å². The number of hydrogen-bond acceptors (Lipinski definition) is 2. The maximum atomic E-state index is 12.5. The average Bonchev–Trinajstić information content (AvgIpc) is 1.79. The Balaban J connectivity index is 5.23. The summed E-state index contributed by atoms with van der Waals surface area (Å²) in [6.45, 7) is 6.26. The SMILES string of the molecule is C=C(Br)/C=C(\C(=C)F)S(C)(=O)=O. The van der Waals surface area contributed by atoms with Crippen molar-refractivity contribution < 1.29 is 12.8 Å². The highest BCUT2D eigenvalue weighted by Crippen LogP contribution is 2.19. The molecule has 0 bridgehead atoms. The van der Waals surface area contributed by atoms with Crippen molar-refractivity contribution in [3.8, 4) is 0 Å². The largest absolute Gasteiger partial charge is 0.224 e. The zero-order chi connectivity index (χ0) is 9.94. The molecule has 0 amide bonds. The van der Waals surface area contributed by atoms with Crippen LogP contribution in [0.15, 0.2) is 34.4 Å². The molecular formula is C7H8BrFO2S. The van der Waals surface area contributed by atoms with Crippen molar-refractivity contribution >= 4 is 25.8 Å². The van der Waals surface area contributed by atoms with Gasteiger partial charge < -0.3 is 0 Å². The second-order valence-electron chi connectivity index (χ2n) is 2.13. The maximum Gasteiger partial charge on any atom is 0.178 e. The summed E-state index contributed by atoms with van der Waals surface area (Å²) in [4.78, 5) is -0.454. The minimum atomic E-state index is -3.56. The third kappa shape index (κ3) is 3.82. The Labute approximate surface area is 79.5 Å². The van der Waals surface area contributed by atoms with E-state index >= 15 is 0 Å². The van der Waals surface area contributed by atoms with E-state index in [4.69, 9.17) is 0 Å². The maximum absolute atomic E-state index is 12.5. The summed E-state index contributed by atoms with van der Waals surface area (Å²) >= 11 is 2.89. The van der Waals surface area contributed by atoms with Crippen molar-refractivity contribution in [3.63, 3.8) is 0 Å². The highest BCUT2D eigenvalue weighted by atomic mass is 79.9. The molecule has 2 nitrogen and oxygen atoms in total. The van der Waals surface area contributed by atoms with E-state index in [1.807, 2.05) is 0 Å². The van der Waals surface area contributed by atoms with E-state index in [0.29, 0.717) is 0 Å². The van der Waals surface area contributed by atoms with Crippen LogP contribution in [0.4, 0.5) is 4.39 Å². The molecule has 0 aliphatic carbocycles. The number of halogens is 2. The van der Waals surface area contributed by atoms with Gasteiger partial charge >= 0.3 is 0 Å². The summed E-state index contributed by atoms with van der Waals surface area (Å²) in [6, 6.07) is 0. The second kappa shape index (κ2) is 4.00. The Morgan fingerprint density at radius 3 is 2.00 bits per heavy atom. The molecule has 68 valence electrons. The van der Waals surface area contributed by atoms with Gasteiger partial charge in [-0.2, -0.15) is 0 Å². The fourth-order valence-corrected chi connectivity index (χ4v) is 1.67. The van der Waals surface area contributed by atoms with Crippen molar-refractivity contribution in [2.45, 2.75) is 0 Å². The van der Waals surface area contributed by atoms with Gasteiger partial charge in [0, 0.05) is 10.7 Å². The molecule has 0 heterocycles. The highest BCUT2D eigenvalue weighted by molar-refractivity contribution is 9.11. The summed E-state index contributed by atoms with van der Waals surface area (Å²) < 4.78 is 34.6. The molecule has 0 aromatic carbocycles. The third-order valence-corrected chi connectivity index (χ3v) is 2.32. The standard InChI is InChI=1S/C7H8BrFO2S/c1-5(8)4-7(6(2)9)12(3,10)11/h4H,1-2H2,3H3/b7-4+. The molecule has 0 spiro atoms. The highest BCUT2D eigenvalue weighted by Gasteiger charge is 2.14. The Bertz CT molecular complexity index is 340. The molecule has 0 atom stereocenters. The second-order valence-corrected chi connectivity index (χ2v) is 5.14. The molecule has 0 fully saturated rings. The zero-order valence-electron chi connectivity index (χ0n) is 6.47. The minimum Gasteiger partial charge on any atom is -0.224 e. The Kier molecular flexibility index (Phi) is 3.86. The van der Waals surface area contributed by atoms with E-state index in [2.05, 4.69) is 29.1 Å². The van der Waals surface area contributed by atoms with Crippen LogP contribution < -0.4 is 0 Å². The van der Waals surface area contributed by atoms with E-state index in [0.717, 1.165) is 12.3 Å². The van der Waals surface area contributed by atoms with Gasteiger partial charge in [0.25, 0.3) is 0 Å². The van der Waals surface area contributed by atoms with Crippen LogP contribution >= 0.6 is 15.9 Å². The molecule has 0 aromatic rings. The molecular weight excluding hydrogens is 247 g/mol. The van der Waals surface area contributed by atoms with E-state index in [9.17, 15) is 12.8 Å². The van der Waals surface area contributed by atoms with Gasteiger partial charge in [-0.05, 0) is 6.08 Å². The normalized spacial score (nSPS) is 12.8. The fourth-order valence-electron chi connectivity index (χ4n) is 0.529. The summed E-state index contributed by atoms with van der Waals surface area (Å²) in [7, 11) is -3.56. The first-order chi connectivity index (χ1) is 5.25. The smallest absolute Gasteiger partial charge is 0.178 e. The lowest BCUT2D eigenvalue weighted by Gasteiger charge is -1.99. The quantitative estimate of drug-likeness (QED) is 0.725. The van der Waals surface area contributed by atoms with Crippen LogP contribution in [0.25, 0.3) is 0 Å². The van der Waals surface area contributed by atoms with Crippen LogP contribution in [0, 0.1) is 0 Å². The van der Waals surface area contributed by atoms with Gasteiger partial charge in [-0.15, -0.1) is 0 Å². The topological polar surface area (TPSA) is 34.1 Å². The number of sulfone groups is 1. The van der Waals surface area contributed by atoms with Crippen molar-refractivity contribution in [2.24, 2.45) is 0 Å². The van der Waals surface area contributed by atoms with E-state index < -0.39 is 20.6 Å². The lowest BCUT2D eigenvalue weighted by molar-refractivity contribution is 0.601. The van der Waals surface area contributed by atoms with Gasteiger partial charge in [0.1, 0.15) is 10.7 Å². The molecule has 0 saturated carbocycles. The van der Waals surface area contributed by atoms with Crippen molar-refractivity contribution in [2.75, 3.05) is 6.26 Å². The van der Waals surface area contributed by atoms with Gasteiger partial charge in [0.05, 0.1) is 0 Å². The predicted molar refractivity (Wildman–Crippen MR) is 51.2 cm³/mol. The summed E-state index contributed by atoms with van der Waals surface area (Å²) in [5.41, 5.74) is 0. The Morgan fingerprint density at radius 2 is 1.92 bits per heavy atom. The first-order valence-electron chi connectivity index (χ1n) is 2.86. The zero-order valence-corrected chi connectivity index (χ0v) is 8.87. The minimum absolute atomic E-state index is 0.279. The lowest BCUT2D eigenvalue weighted by atomic mass is 10.4. The predicted octanol–water partition coefficient (Wildman–Crippen LogP) is 2.31. The molecule has 0 aliphatic heterocycles. The van der Waals surface area contributed by atoms with Crippen LogP contribution in [-0.4, -0.2) is 14.7 Å². The van der Waals surface area contributed by atoms with Crippen molar-refractivity contribution in [1.29, 1.82) is 0 Å². The molecule has 0 N–H and O–H groups in total. The van der Waals surface area contributed by atoms with Gasteiger partial charge in [0.15, 0.2) is 9.84 Å². The van der Waals surface area contributed by atoms with Crippen LogP contribution in [0.5, 0.6) is 0 Å². The van der Waals surface area contributed by atoms with Crippen LogP contribution in [-0.2, 0) is 9.84 Å². The van der Waals surface area contributed by atoms with Crippen molar-refractivity contribution in [3.05, 3.63) is 34.4 Å². The Morgan fingerprint density at radius 1 is 1.50 bits per heavy atom. The van der Waals surface area contributed by atoms with E-state index in [-0.39, 0.29) is 4.48 Å². The fraction of sp³-hybridized carbons (Fsp3) is 0.143. The third-order valence-electron chi connectivity index (χ3n) is 0.955. The van der Waals surface area contributed by atoms with Gasteiger partial charge in [-0.3, -0.25) is 0 Å². The van der Waals surface area contributed by atoms with Gasteiger partial charge in [-0.25, -0.2) is 12.8 Å². The molecule has 0 saturated heterocycles. The van der Waals surface area contributed by atoms with Gasteiger partial charge in [0.2, 0.25) is 0 Å². The van der Waals surface area contributed by atoms with Crippen LogP contribution in [0.1, 0.15) is 0 Å². The van der Waals surface area contributed by atoms with Crippen LogP contribution in [0.3, 0.4) is 0 Å². The molecule has 12 heavy (non-hydrogen) atoms. The molecule has 0 radical (unpaired) electrons. The van der Waals surface area contributed by atoms with Crippen molar-refractivity contribution in [1.82, 2.24) is 0 Å². The molecule has 0 aliphatic rings. The Hall–Kier alpha value is -0.420. The van der Waals surface area contributed by atoms with Crippen LogP contribution in [0.2, 0.25) is 0 Å². The molecule has 0 unspecified atom stereocenters. The lowest BCUT2D eigenvalue weighted by Crippen LogP contribution is -2.00. The number of allylic oxidation sites excluding steroid dienone is 3. The average molecular weight is 255 g/mol. The summed E-state index contributed by atoms with van der Waals surface area (Å²) in [5.74, 6) is -0.988. The van der Waals surface area contributed by atoms with E-state index in [1.54, 1.807) is 0 Å². The molecule has 0 rings (SSSR count). The number of rotatable bonds is 3.